The lowest BCUT2D eigenvalue weighted by Crippen LogP contribution is -2.42. The molecular weight excluding hydrogens is 350 g/mol. The number of anilines is 1. The van der Waals surface area contributed by atoms with Crippen molar-refractivity contribution >= 4 is 28.3 Å². The molecule has 0 radical (unpaired) electrons. The quantitative estimate of drug-likeness (QED) is 0.865. The van der Waals surface area contributed by atoms with Gasteiger partial charge in [-0.1, -0.05) is 36.4 Å². The van der Waals surface area contributed by atoms with Crippen LogP contribution in [0.3, 0.4) is 0 Å². The molecular formula is C23H29N3O2. The molecule has 28 heavy (non-hydrogen) atoms. The summed E-state index contributed by atoms with van der Waals surface area (Å²) in [7, 11) is 0. The Hall–Kier alpha value is -2.40. The number of amides is 2. The van der Waals surface area contributed by atoms with Gasteiger partial charge < -0.3 is 15.1 Å². The minimum absolute atomic E-state index is 0.0478. The minimum Gasteiger partial charge on any atom is -0.342 e. The molecule has 0 saturated carbocycles. The molecule has 0 aromatic heterocycles. The van der Waals surface area contributed by atoms with Crippen molar-refractivity contribution < 1.29 is 9.59 Å². The Morgan fingerprint density at radius 2 is 1.64 bits per heavy atom. The normalized spacial score (nSPS) is 18.5. The molecule has 0 spiro atoms. The van der Waals surface area contributed by atoms with E-state index in [1.165, 1.54) is 0 Å². The maximum Gasteiger partial charge on any atom is 0.225 e. The minimum atomic E-state index is 0.0478. The van der Waals surface area contributed by atoms with Crippen molar-refractivity contribution in [2.45, 2.75) is 32.1 Å². The van der Waals surface area contributed by atoms with Crippen LogP contribution < -0.4 is 5.32 Å². The number of carbonyl (C=O) groups excluding carboxylic acids is 2. The summed E-state index contributed by atoms with van der Waals surface area (Å²) in [6.45, 7) is 4.44. The van der Waals surface area contributed by atoms with Crippen molar-refractivity contribution in [3.63, 3.8) is 0 Å². The number of carbonyl (C=O) groups is 2. The van der Waals surface area contributed by atoms with E-state index >= 15 is 0 Å². The maximum atomic E-state index is 12.5. The Morgan fingerprint density at radius 1 is 0.929 bits per heavy atom. The van der Waals surface area contributed by atoms with Crippen LogP contribution in [0.25, 0.3) is 10.8 Å². The zero-order chi connectivity index (χ0) is 19.3. The second-order valence-electron chi connectivity index (χ2n) is 7.97. The first kappa shape index (κ1) is 18.9. The number of hydrogen-bond donors (Lipinski definition) is 1. The molecule has 2 aromatic rings. The van der Waals surface area contributed by atoms with E-state index in [0.717, 1.165) is 74.9 Å². The number of benzene rings is 2. The van der Waals surface area contributed by atoms with Crippen LogP contribution in [0.2, 0.25) is 0 Å². The molecule has 2 heterocycles. The predicted octanol–water partition coefficient (Wildman–Crippen LogP) is 3.50. The Morgan fingerprint density at radius 3 is 2.43 bits per heavy atom. The number of nitrogens with zero attached hydrogens (tertiary/aromatic N) is 2. The van der Waals surface area contributed by atoms with Gasteiger partial charge in [0.05, 0.1) is 0 Å². The monoisotopic (exact) mass is 379 g/mol. The van der Waals surface area contributed by atoms with E-state index in [-0.39, 0.29) is 11.8 Å². The highest BCUT2D eigenvalue weighted by Crippen LogP contribution is 2.24. The highest BCUT2D eigenvalue weighted by atomic mass is 16.2. The van der Waals surface area contributed by atoms with Crippen LogP contribution in [0, 0.1) is 5.92 Å². The Labute approximate surface area is 166 Å². The summed E-state index contributed by atoms with van der Waals surface area (Å²) in [6.07, 6.45) is 4.61. The van der Waals surface area contributed by atoms with Gasteiger partial charge in [0.25, 0.3) is 0 Å². The van der Waals surface area contributed by atoms with Crippen LogP contribution in [-0.2, 0) is 9.59 Å². The van der Waals surface area contributed by atoms with Gasteiger partial charge in [0.1, 0.15) is 0 Å². The number of fused-ring (bicyclic) bond motifs is 1. The van der Waals surface area contributed by atoms with Crippen LogP contribution in [0.4, 0.5) is 5.69 Å². The number of piperidine rings is 1. The molecule has 5 heteroatoms. The molecule has 0 bridgehead atoms. The fraction of sp³-hybridized carbons (Fsp3) is 0.478. The van der Waals surface area contributed by atoms with Crippen molar-refractivity contribution in [2.75, 3.05) is 38.0 Å². The largest absolute Gasteiger partial charge is 0.342 e. The molecule has 148 valence electrons. The molecule has 2 aromatic carbocycles. The highest BCUT2D eigenvalue weighted by Gasteiger charge is 2.29. The van der Waals surface area contributed by atoms with Gasteiger partial charge in [-0.05, 0) is 50.2 Å². The lowest BCUT2D eigenvalue weighted by atomic mass is 9.95. The summed E-state index contributed by atoms with van der Waals surface area (Å²) in [5.74, 6) is 0.580. The molecule has 2 saturated heterocycles. The van der Waals surface area contributed by atoms with Crippen LogP contribution in [0.15, 0.2) is 42.5 Å². The van der Waals surface area contributed by atoms with E-state index < -0.39 is 0 Å². The Bertz CT molecular complexity index is 831. The van der Waals surface area contributed by atoms with Crippen molar-refractivity contribution in [1.82, 2.24) is 9.80 Å². The van der Waals surface area contributed by atoms with Gasteiger partial charge in [-0.2, -0.15) is 0 Å². The van der Waals surface area contributed by atoms with Gasteiger partial charge in [0.2, 0.25) is 11.8 Å². The van der Waals surface area contributed by atoms with E-state index in [4.69, 9.17) is 0 Å². The molecule has 1 N–H and O–H groups in total. The third-order valence-electron chi connectivity index (χ3n) is 6.07. The second-order valence-corrected chi connectivity index (χ2v) is 7.97. The van der Waals surface area contributed by atoms with Gasteiger partial charge >= 0.3 is 0 Å². The molecule has 0 aliphatic carbocycles. The molecule has 5 nitrogen and oxygen atoms in total. The first-order chi connectivity index (χ1) is 13.7. The summed E-state index contributed by atoms with van der Waals surface area (Å²) in [6, 6.07) is 14.1. The first-order valence-corrected chi connectivity index (χ1v) is 10.5. The predicted molar refractivity (Wildman–Crippen MR) is 112 cm³/mol. The van der Waals surface area contributed by atoms with Gasteiger partial charge in [-0.15, -0.1) is 0 Å². The standard InChI is InChI=1S/C23H29N3O2/c27-22(24-21-9-5-7-18-6-1-2-8-20(18)21)12-17-25-15-10-19(11-16-25)23(28)26-13-3-4-14-26/h1-2,5-9,19H,3-4,10-17H2,(H,24,27). The molecule has 2 fully saturated rings. The molecule has 4 rings (SSSR count). The van der Waals surface area contributed by atoms with Crippen molar-refractivity contribution in [3.8, 4) is 0 Å². The molecule has 2 aliphatic heterocycles. The van der Waals surface area contributed by atoms with Crippen LogP contribution in [-0.4, -0.2) is 54.3 Å². The second kappa shape index (κ2) is 8.74. The average molecular weight is 380 g/mol. The van der Waals surface area contributed by atoms with E-state index in [9.17, 15) is 9.59 Å². The summed E-state index contributed by atoms with van der Waals surface area (Å²) in [5.41, 5.74) is 0.873. The Kier molecular flexibility index (Phi) is 5.91. The third-order valence-corrected chi connectivity index (χ3v) is 6.07. The van der Waals surface area contributed by atoms with Gasteiger partial charge in [0, 0.05) is 43.0 Å². The fourth-order valence-corrected chi connectivity index (χ4v) is 4.41. The number of likely N-dealkylation sites (tertiary alicyclic amines) is 2. The SMILES string of the molecule is O=C(CCN1CCC(C(=O)N2CCCC2)CC1)Nc1cccc2ccccc12. The molecule has 2 aliphatic rings. The first-order valence-electron chi connectivity index (χ1n) is 10.5. The zero-order valence-corrected chi connectivity index (χ0v) is 16.4. The van der Waals surface area contributed by atoms with Gasteiger partial charge in [-0.25, -0.2) is 0 Å². The molecule has 0 atom stereocenters. The van der Waals surface area contributed by atoms with Gasteiger partial charge in [-0.3, -0.25) is 9.59 Å². The highest BCUT2D eigenvalue weighted by molar-refractivity contribution is 6.02. The molecule has 0 unspecified atom stereocenters. The number of rotatable bonds is 5. The third kappa shape index (κ3) is 4.36. The average Bonchev–Trinajstić information content (AvgIpc) is 3.27. The van der Waals surface area contributed by atoms with Crippen LogP contribution in [0.1, 0.15) is 32.1 Å². The number of hydrogen-bond acceptors (Lipinski definition) is 3. The summed E-state index contributed by atoms with van der Waals surface area (Å²) < 4.78 is 0. The van der Waals surface area contributed by atoms with E-state index in [1.54, 1.807) is 0 Å². The summed E-state index contributed by atoms with van der Waals surface area (Å²) in [5, 5.41) is 5.26. The van der Waals surface area contributed by atoms with E-state index in [2.05, 4.69) is 22.3 Å². The zero-order valence-electron chi connectivity index (χ0n) is 16.4. The summed E-state index contributed by atoms with van der Waals surface area (Å²) >= 11 is 0. The fourth-order valence-electron chi connectivity index (χ4n) is 4.41. The lowest BCUT2D eigenvalue weighted by molar-refractivity contribution is -0.136. The van der Waals surface area contributed by atoms with Crippen LogP contribution in [0.5, 0.6) is 0 Å². The topological polar surface area (TPSA) is 52.7 Å². The van der Waals surface area contributed by atoms with Crippen LogP contribution >= 0.6 is 0 Å². The van der Waals surface area contributed by atoms with Crippen molar-refractivity contribution in [1.29, 1.82) is 0 Å². The smallest absolute Gasteiger partial charge is 0.225 e. The maximum absolute atomic E-state index is 12.5. The lowest BCUT2D eigenvalue weighted by Gasteiger charge is -2.33. The Balaban J connectivity index is 1.24. The van der Waals surface area contributed by atoms with Crippen molar-refractivity contribution in [2.24, 2.45) is 5.92 Å². The summed E-state index contributed by atoms with van der Waals surface area (Å²) in [4.78, 5) is 29.3. The van der Waals surface area contributed by atoms with Gasteiger partial charge in [0.15, 0.2) is 0 Å². The van der Waals surface area contributed by atoms with Crippen molar-refractivity contribution in [3.05, 3.63) is 42.5 Å². The molecule has 2 amide bonds. The van der Waals surface area contributed by atoms with E-state index in [1.807, 2.05) is 35.2 Å². The number of nitrogens with one attached hydrogen (secondary N) is 1. The van der Waals surface area contributed by atoms with E-state index in [0.29, 0.717) is 12.3 Å².